The van der Waals surface area contributed by atoms with Crippen molar-refractivity contribution < 1.29 is 9.53 Å². The van der Waals surface area contributed by atoms with Crippen LogP contribution in [0.5, 0.6) is 0 Å². The summed E-state index contributed by atoms with van der Waals surface area (Å²) in [6, 6.07) is 0. The van der Waals surface area contributed by atoms with Crippen LogP contribution in [-0.2, 0) is 4.74 Å². The van der Waals surface area contributed by atoms with Crippen molar-refractivity contribution in [3.8, 4) is 0 Å². The third kappa shape index (κ3) is 7.27. The second-order valence-electron chi connectivity index (χ2n) is 2.18. The molecule has 0 unspecified atom stereocenters. The topological polar surface area (TPSA) is 48.6 Å². The fourth-order valence-corrected chi connectivity index (χ4v) is 0.688. The lowest BCUT2D eigenvalue weighted by molar-refractivity contribution is 0.152. The van der Waals surface area contributed by atoms with E-state index < -0.39 is 6.09 Å². The van der Waals surface area contributed by atoms with E-state index in [0.29, 0.717) is 6.61 Å². The molecule has 0 aliphatic carbocycles. The van der Waals surface area contributed by atoms with Crippen LogP contribution in [0.15, 0.2) is 0 Å². The highest BCUT2D eigenvalue weighted by Crippen LogP contribution is 1.98. The Morgan fingerprint density at radius 3 is 2.60 bits per heavy atom. The molecule has 0 aliphatic rings. The molecule has 2 radical (unpaired) electrons. The van der Waals surface area contributed by atoms with E-state index in [9.17, 15) is 4.79 Å². The van der Waals surface area contributed by atoms with E-state index in [1.54, 1.807) is 0 Å². The van der Waals surface area contributed by atoms with Crippen LogP contribution >= 0.6 is 0 Å². The maximum atomic E-state index is 9.81. The molecule has 10 heavy (non-hydrogen) atoms. The second-order valence-corrected chi connectivity index (χ2v) is 2.18. The molecule has 0 heterocycles. The average Bonchev–Trinajstić information content (AvgIpc) is 1.87. The van der Waals surface area contributed by atoms with Gasteiger partial charge in [-0.3, -0.25) is 0 Å². The summed E-state index contributed by atoms with van der Waals surface area (Å²) in [6.45, 7) is 2.45. The molecule has 58 valence electrons. The average molecular weight is 143 g/mol. The number of rotatable bonds is 5. The van der Waals surface area contributed by atoms with Gasteiger partial charge in [-0.1, -0.05) is 31.9 Å². The van der Waals surface area contributed by atoms with Gasteiger partial charge in [-0.15, -0.1) is 0 Å². The van der Waals surface area contributed by atoms with Gasteiger partial charge in [0, 0.05) is 0 Å². The molecule has 0 aliphatic heterocycles. The van der Waals surface area contributed by atoms with Crippen LogP contribution < -0.4 is 5.73 Å². The summed E-state index contributed by atoms with van der Waals surface area (Å²) in [6.07, 6.45) is 3.05. The Balaban J connectivity index is 2.84. The number of amides is 1. The molecule has 0 rings (SSSR count). The molecular weight excluding hydrogens is 130 g/mol. The Kier molecular flexibility index (Phi) is 5.92. The van der Waals surface area contributed by atoms with Gasteiger partial charge >= 0.3 is 6.09 Å². The molecular formula is C7H13NO2. The molecule has 0 saturated heterocycles. The first-order valence-electron chi connectivity index (χ1n) is 3.63. The predicted molar refractivity (Wildman–Crippen MR) is 37.6 cm³/mol. The number of hydrogen-bond acceptors (Lipinski definition) is 2. The first-order valence-corrected chi connectivity index (χ1v) is 3.63. The van der Waals surface area contributed by atoms with E-state index in [4.69, 9.17) is 5.73 Å². The molecule has 0 fully saturated rings. The largest absolute Gasteiger partial charge is 0.452 e. The Hall–Kier alpha value is -0.730. The molecule has 0 saturated carbocycles. The van der Waals surface area contributed by atoms with Crippen LogP contribution in [0.25, 0.3) is 0 Å². The number of hydrogen-bond donors (Lipinski definition) is 0. The highest BCUT2D eigenvalue weighted by molar-refractivity contribution is 5.63. The maximum absolute atomic E-state index is 9.81. The zero-order valence-electron chi connectivity index (χ0n) is 6.30. The minimum Gasteiger partial charge on any atom is -0.447 e. The van der Waals surface area contributed by atoms with Crippen molar-refractivity contribution >= 4 is 6.09 Å². The second kappa shape index (κ2) is 6.39. The Bertz CT molecular complexity index is 93.6. The van der Waals surface area contributed by atoms with E-state index in [2.05, 4.69) is 11.7 Å². The van der Waals surface area contributed by atoms with Crippen LogP contribution in [-0.4, -0.2) is 12.7 Å². The van der Waals surface area contributed by atoms with Gasteiger partial charge in [0.15, 0.2) is 0 Å². The van der Waals surface area contributed by atoms with Crippen molar-refractivity contribution in [1.29, 1.82) is 0 Å². The number of carbonyl (C=O) groups excluding carboxylic acids is 1. The van der Waals surface area contributed by atoms with Gasteiger partial charge in [-0.25, -0.2) is 4.79 Å². The third-order valence-corrected chi connectivity index (χ3v) is 1.22. The van der Waals surface area contributed by atoms with Gasteiger partial charge in [0.2, 0.25) is 0 Å². The Morgan fingerprint density at radius 1 is 1.40 bits per heavy atom. The fourth-order valence-electron chi connectivity index (χ4n) is 0.688. The van der Waals surface area contributed by atoms with Crippen molar-refractivity contribution in [2.75, 3.05) is 6.61 Å². The fraction of sp³-hybridized carbons (Fsp3) is 0.857. The summed E-state index contributed by atoms with van der Waals surface area (Å²) in [4.78, 5) is 9.81. The molecule has 0 aromatic rings. The number of nitrogens with zero attached hydrogens (tertiary/aromatic N) is 1. The minimum atomic E-state index is -1.17. The first kappa shape index (κ1) is 9.27. The predicted octanol–water partition coefficient (Wildman–Crippen LogP) is 1.77. The third-order valence-electron chi connectivity index (χ3n) is 1.22. The van der Waals surface area contributed by atoms with Gasteiger partial charge in [-0.2, -0.15) is 0 Å². The SMILES string of the molecule is CCCCCCOC([N])=O. The number of carbonyl (C=O) groups is 1. The zero-order valence-corrected chi connectivity index (χ0v) is 6.30. The molecule has 0 spiro atoms. The standard InChI is InChI=1S/C7H13NO2/c1-2-3-4-5-6-10-7(8)9/h2-6H2,1H3. The van der Waals surface area contributed by atoms with Crippen LogP contribution in [0, 0.1) is 0 Å². The quantitative estimate of drug-likeness (QED) is 0.550. The molecule has 0 aromatic heterocycles. The molecule has 0 bridgehead atoms. The normalized spacial score (nSPS) is 9.30. The number of ether oxygens (including phenoxy) is 1. The van der Waals surface area contributed by atoms with E-state index in [1.807, 2.05) is 0 Å². The van der Waals surface area contributed by atoms with E-state index in [-0.39, 0.29) is 0 Å². The lowest BCUT2D eigenvalue weighted by atomic mass is 10.2. The summed E-state index contributed by atoms with van der Waals surface area (Å²) in [5.74, 6) is 0. The van der Waals surface area contributed by atoms with Gasteiger partial charge in [0.25, 0.3) is 0 Å². The van der Waals surface area contributed by atoms with Crippen LogP contribution in [0.3, 0.4) is 0 Å². The van der Waals surface area contributed by atoms with Crippen LogP contribution in [0.2, 0.25) is 0 Å². The summed E-state index contributed by atoms with van der Waals surface area (Å²) in [7, 11) is 0. The van der Waals surface area contributed by atoms with Crippen molar-refractivity contribution in [3.05, 3.63) is 0 Å². The van der Waals surface area contributed by atoms with Crippen LogP contribution in [0.1, 0.15) is 32.6 Å². The Labute approximate surface area is 61.5 Å². The van der Waals surface area contributed by atoms with Crippen molar-refractivity contribution in [3.63, 3.8) is 0 Å². The first-order chi connectivity index (χ1) is 4.77. The highest BCUT2D eigenvalue weighted by atomic mass is 16.5. The molecule has 3 nitrogen and oxygen atoms in total. The summed E-state index contributed by atoms with van der Waals surface area (Å²) < 4.78 is 4.31. The lowest BCUT2D eigenvalue weighted by Gasteiger charge is -1.97. The van der Waals surface area contributed by atoms with Gasteiger partial charge in [0.1, 0.15) is 0 Å². The van der Waals surface area contributed by atoms with Crippen LogP contribution in [0.4, 0.5) is 4.79 Å². The van der Waals surface area contributed by atoms with Crippen molar-refractivity contribution in [2.24, 2.45) is 0 Å². The van der Waals surface area contributed by atoms with E-state index >= 15 is 0 Å². The van der Waals surface area contributed by atoms with Gasteiger partial charge in [-0.05, 0) is 6.42 Å². The monoisotopic (exact) mass is 143 g/mol. The number of unbranched alkanes of at least 4 members (excludes halogenated alkanes) is 3. The molecule has 0 aromatic carbocycles. The Morgan fingerprint density at radius 2 is 2.10 bits per heavy atom. The minimum absolute atomic E-state index is 0.343. The summed E-state index contributed by atoms with van der Waals surface area (Å²) in [5.41, 5.74) is 8.05. The molecule has 0 N–H and O–H groups in total. The van der Waals surface area contributed by atoms with Gasteiger partial charge < -0.3 is 4.74 Å². The maximum Gasteiger partial charge on any atom is 0.452 e. The molecule has 3 heteroatoms. The van der Waals surface area contributed by atoms with E-state index in [0.717, 1.165) is 25.7 Å². The summed E-state index contributed by atoms with van der Waals surface area (Å²) >= 11 is 0. The van der Waals surface area contributed by atoms with Crippen molar-refractivity contribution in [2.45, 2.75) is 32.6 Å². The zero-order chi connectivity index (χ0) is 7.82. The van der Waals surface area contributed by atoms with E-state index in [1.165, 1.54) is 0 Å². The molecule has 1 amide bonds. The van der Waals surface area contributed by atoms with Crippen molar-refractivity contribution in [1.82, 2.24) is 5.73 Å². The highest BCUT2D eigenvalue weighted by Gasteiger charge is 1.94. The lowest BCUT2D eigenvalue weighted by Crippen LogP contribution is -2.03. The summed E-state index contributed by atoms with van der Waals surface area (Å²) in [5, 5.41) is 0. The van der Waals surface area contributed by atoms with Gasteiger partial charge in [0.05, 0.1) is 6.61 Å². The smallest absolute Gasteiger partial charge is 0.447 e. The molecule has 0 atom stereocenters.